The minimum atomic E-state index is -4.55. The van der Waals surface area contributed by atoms with Crippen LogP contribution in [0, 0.1) is 5.92 Å². The molecule has 1 aliphatic carbocycles. The highest BCUT2D eigenvalue weighted by molar-refractivity contribution is 7.47. The number of phosphoric acid groups is 1. The third kappa shape index (κ3) is 8.91. The number of aryl methyl sites for hydroxylation is 1. The molecule has 2 aromatic rings. The molecule has 0 fully saturated rings. The summed E-state index contributed by atoms with van der Waals surface area (Å²) in [6.07, 6.45) is 6.27. The number of esters is 1. The molecule has 2 N–H and O–H groups in total. The molecule has 3 rings (SSSR count). The Morgan fingerprint density at radius 3 is 2.56 bits per heavy atom. The van der Waals surface area contributed by atoms with Crippen LogP contribution in [-0.4, -0.2) is 22.1 Å². The zero-order valence-corrected chi connectivity index (χ0v) is 24.3. The molecule has 0 aliphatic heterocycles. The van der Waals surface area contributed by atoms with Gasteiger partial charge in [0.25, 0.3) is 0 Å². The number of phosphoric ester groups is 1. The van der Waals surface area contributed by atoms with Crippen LogP contribution in [0.1, 0.15) is 82.4 Å². The number of hydrogen-bond donors (Lipinski definition) is 2. The van der Waals surface area contributed by atoms with E-state index in [2.05, 4.69) is 19.6 Å². The predicted octanol–water partition coefficient (Wildman–Crippen LogP) is 7.77. The van der Waals surface area contributed by atoms with Crippen LogP contribution >= 0.6 is 7.82 Å². The molecular formula is C31H41O7P. The maximum absolute atomic E-state index is 13.1. The van der Waals surface area contributed by atoms with E-state index in [1.54, 1.807) is 36.4 Å². The molecule has 0 saturated heterocycles. The summed E-state index contributed by atoms with van der Waals surface area (Å²) in [5.74, 6) is -0.732. The number of rotatable bonds is 13. The Morgan fingerprint density at radius 1 is 1.18 bits per heavy atom. The number of aromatic hydroxyl groups is 1. The minimum Gasteiger partial charge on any atom is -0.507 e. The van der Waals surface area contributed by atoms with Crippen molar-refractivity contribution in [3.05, 3.63) is 83.0 Å². The Morgan fingerprint density at radius 2 is 1.90 bits per heavy atom. The third-order valence-corrected chi connectivity index (χ3v) is 8.07. The summed E-state index contributed by atoms with van der Waals surface area (Å²) in [7, 11) is -4.55. The topological polar surface area (TPSA) is 102 Å². The predicted molar refractivity (Wildman–Crippen MR) is 153 cm³/mol. The van der Waals surface area contributed by atoms with Crippen molar-refractivity contribution >= 4 is 13.8 Å². The minimum absolute atomic E-state index is 0.0570. The van der Waals surface area contributed by atoms with Crippen LogP contribution in [0.4, 0.5) is 0 Å². The summed E-state index contributed by atoms with van der Waals surface area (Å²) in [5.41, 5.74) is 4.22. The quantitative estimate of drug-likeness (QED) is 0.0854. The molecule has 2 aromatic carbocycles. The second-order valence-corrected chi connectivity index (χ2v) is 11.8. The van der Waals surface area contributed by atoms with Crippen LogP contribution in [0.5, 0.6) is 11.5 Å². The van der Waals surface area contributed by atoms with Gasteiger partial charge in [0.2, 0.25) is 0 Å². The number of carbonyl (C=O) groups is 1. The molecule has 0 saturated carbocycles. The van der Waals surface area contributed by atoms with Crippen LogP contribution in [0.25, 0.3) is 0 Å². The average Bonchev–Trinajstić information content (AvgIpc) is 2.87. The first-order valence-corrected chi connectivity index (χ1v) is 15.1. The molecule has 0 amide bonds. The van der Waals surface area contributed by atoms with Gasteiger partial charge in [-0.25, -0.2) is 9.36 Å². The van der Waals surface area contributed by atoms with E-state index in [1.807, 2.05) is 19.9 Å². The number of phenolic OH excluding ortho intramolecular Hbond substituents is 1. The lowest BCUT2D eigenvalue weighted by molar-refractivity contribution is -0.142. The van der Waals surface area contributed by atoms with E-state index >= 15 is 0 Å². The number of carbonyl (C=O) groups excluding carboxylic acids is 1. The molecule has 212 valence electrons. The van der Waals surface area contributed by atoms with Crippen molar-refractivity contribution in [3.63, 3.8) is 0 Å². The van der Waals surface area contributed by atoms with E-state index in [4.69, 9.17) is 13.8 Å². The van der Waals surface area contributed by atoms with E-state index in [1.165, 1.54) is 12.5 Å². The molecule has 7 nitrogen and oxygen atoms in total. The maximum atomic E-state index is 13.1. The Balaban J connectivity index is 1.85. The van der Waals surface area contributed by atoms with Crippen molar-refractivity contribution in [3.8, 4) is 11.5 Å². The maximum Gasteiger partial charge on any atom is 0.473 e. The number of allylic oxidation sites excluding steroid dienone is 3. The first-order valence-electron chi connectivity index (χ1n) is 13.6. The van der Waals surface area contributed by atoms with E-state index in [-0.39, 0.29) is 29.9 Å². The molecule has 0 heterocycles. The SMILES string of the molecule is C=C(C)[C@@H]1CCC(C)=C[C@H]1c1c(O)cc(CCCCC)cc1OC(=O)C(C)OP(=O)(O)OCc1ccccc1. The van der Waals surface area contributed by atoms with Gasteiger partial charge < -0.3 is 14.7 Å². The van der Waals surface area contributed by atoms with Gasteiger partial charge in [-0.05, 0) is 75.6 Å². The van der Waals surface area contributed by atoms with Crippen LogP contribution in [0.2, 0.25) is 0 Å². The van der Waals surface area contributed by atoms with Gasteiger partial charge in [-0.1, -0.05) is 73.9 Å². The van der Waals surface area contributed by atoms with Gasteiger partial charge in [-0.3, -0.25) is 9.05 Å². The lowest BCUT2D eigenvalue weighted by Crippen LogP contribution is -2.26. The molecule has 0 spiro atoms. The number of benzene rings is 2. The van der Waals surface area contributed by atoms with Gasteiger partial charge in [0.15, 0.2) is 6.10 Å². The second-order valence-electron chi connectivity index (χ2n) is 10.4. The summed E-state index contributed by atoms with van der Waals surface area (Å²) in [6.45, 7) is 11.5. The van der Waals surface area contributed by atoms with Crippen molar-refractivity contribution < 1.29 is 33.1 Å². The largest absolute Gasteiger partial charge is 0.507 e. The molecule has 8 heteroatoms. The van der Waals surface area contributed by atoms with E-state index in [0.29, 0.717) is 11.1 Å². The molecule has 0 aromatic heterocycles. The fourth-order valence-corrected chi connectivity index (χ4v) is 5.77. The van der Waals surface area contributed by atoms with E-state index in [0.717, 1.165) is 49.7 Å². The van der Waals surface area contributed by atoms with E-state index in [9.17, 15) is 19.4 Å². The van der Waals surface area contributed by atoms with Crippen molar-refractivity contribution in [2.24, 2.45) is 5.92 Å². The third-order valence-electron chi connectivity index (χ3n) is 7.03. The number of ether oxygens (including phenoxy) is 1. The zero-order valence-electron chi connectivity index (χ0n) is 23.4. The van der Waals surface area contributed by atoms with Gasteiger partial charge in [0, 0.05) is 11.5 Å². The van der Waals surface area contributed by atoms with Gasteiger partial charge >= 0.3 is 13.8 Å². The molecule has 1 aliphatic rings. The normalized spacial score (nSPS) is 19.6. The van der Waals surface area contributed by atoms with Crippen LogP contribution in [-0.2, 0) is 31.4 Å². The highest BCUT2D eigenvalue weighted by atomic mass is 31.2. The van der Waals surface area contributed by atoms with Gasteiger partial charge in [0.1, 0.15) is 11.5 Å². The smallest absolute Gasteiger partial charge is 0.473 e. The summed E-state index contributed by atoms with van der Waals surface area (Å²) in [4.78, 5) is 23.3. The molecule has 0 radical (unpaired) electrons. The lowest BCUT2D eigenvalue weighted by Gasteiger charge is -2.32. The first kappa shape index (κ1) is 30.8. The second kappa shape index (κ2) is 14.1. The summed E-state index contributed by atoms with van der Waals surface area (Å²) in [5, 5.41) is 11.2. The lowest BCUT2D eigenvalue weighted by atomic mass is 9.73. The monoisotopic (exact) mass is 556 g/mol. The Hall–Kier alpha value is -2.70. The Bertz CT molecular complexity index is 1220. The molecule has 4 atom stereocenters. The van der Waals surface area contributed by atoms with Crippen molar-refractivity contribution in [1.29, 1.82) is 0 Å². The number of phenols is 1. The fourth-order valence-electron chi connectivity index (χ4n) is 4.91. The molecule has 0 bridgehead atoms. The van der Waals surface area contributed by atoms with E-state index < -0.39 is 19.9 Å². The van der Waals surface area contributed by atoms with Gasteiger partial charge in [0.05, 0.1) is 6.61 Å². The molecule has 39 heavy (non-hydrogen) atoms. The highest BCUT2D eigenvalue weighted by Gasteiger charge is 2.33. The first-order chi connectivity index (χ1) is 18.5. The standard InChI is InChI=1S/C31H41O7P/c1-6-7-9-14-25-18-28(32)30(27-17-22(4)15-16-26(27)21(2)3)29(19-25)37-31(33)23(5)38-39(34,35)36-20-24-12-10-8-11-13-24/h8,10-13,17-19,23,26-27,32H,2,6-7,9,14-16,20H2,1,3-5H3,(H,34,35)/t23?,26-,27+/m0/s1. The number of hydrogen-bond acceptors (Lipinski definition) is 6. The number of unbranched alkanes of at least 4 members (excludes halogenated alkanes) is 2. The Kier molecular flexibility index (Phi) is 11.1. The zero-order chi connectivity index (χ0) is 28.6. The summed E-state index contributed by atoms with van der Waals surface area (Å²) >= 11 is 0. The molecular weight excluding hydrogens is 515 g/mol. The van der Waals surface area contributed by atoms with Crippen LogP contribution in [0.3, 0.4) is 0 Å². The van der Waals surface area contributed by atoms with Gasteiger partial charge in [-0.2, -0.15) is 0 Å². The van der Waals surface area contributed by atoms with Crippen LogP contribution in [0.15, 0.2) is 66.3 Å². The molecule has 2 unspecified atom stereocenters. The van der Waals surface area contributed by atoms with Crippen molar-refractivity contribution in [2.45, 2.75) is 84.8 Å². The Labute approximate surface area is 232 Å². The average molecular weight is 557 g/mol. The van der Waals surface area contributed by atoms with Crippen molar-refractivity contribution in [2.75, 3.05) is 0 Å². The van der Waals surface area contributed by atoms with Gasteiger partial charge in [-0.15, -0.1) is 0 Å². The fraction of sp³-hybridized carbons (Fsp3) is 0.452. The summed E-state index contributed by atoms with van der Waals surface area (Å²) < 4.78 is 28.5. The summed E-state index contributed by atoms with van der Waals surface area (Å²) in [6, 6.07) is 12.4. The highest BCUT2D eigenvalue weighted by Crippen LogP contribution is 2.48. The van der Waals surface area contributed by atoms with Crippen molar-refractivity contribution in [1.82, 2.24) is 0 Å². The van der Waals surface area contributed by atoms with Crippen LogP contribution < -0.4 is 4.74 Å².